The topological polar surface area (TPSA) is 29.1 Å². The summed E-state index contributed by atoms with van der Waals surface area (Å²) >= 11 is 0. The lowest BCUT2D eigenvalue weighted by atomic mass is 9.82. The number of carbonyl (C=O) groups is 1. The second-order valence-electron chi connectivity index (χ2n) is 5.78. The molecule has 0 atom stereocenters. The summed E-state index contributed by atoms with van der Waals surface area (Å²) in [6.07, 6.45) is 3.96. The Morgan fingerprint density at radius 1 is 0.955 bits per heavy atom. The standard InChI is InChI=1S/C20H13NO/c22-20-15-8-3-6-13-11-12-5-1-2-7-14(12)18(17(13)15)19-16(20)9-4-10-21-19/h1-9,11,21H,10H2. The summed E-state index contributed by atoms with van der Waals surface area (Å²) in [4.78, 5) is 12.8. The third-order valence-corrected chi connectivity index (χ3v) is 4.58. The monoisotopic (exact) mass is 283 g/mol. The Morgan fingerprint density at radius 2 is 1.82 bits per heavy atom. The average Bonchev–Trinajstić information content (AvgIpc) is 2.58. The zero-order chi connectivity index (χ0) is 14.7. The Kier molecular flexibility index (Phi) is 2.18. The van der Waals surface area contributed by atoms with Crippen LogP contribution < -0.4 is 5.32 Å². The van der Waals surface area contributed by atoms with Crippen LogP contribution in [-0.2, 0) is 0 Å². The van der Waals surface area contributed by atoms with Crippen LogP contribution in [0.25, 0.3) is 27.2 Å². The molecule has 2 heteroatoms. The van der Waals surface area contributed by atoms with Gasteiger partial charge < -0.3 is 5.32 Å². The Morgan fingerprint density at radius 3 is 2.77 bits per heavy atom. The van der Waals surface area contributed by atoms with Crippen molar-refractivity contribution in [2.24, 2.45) is 0 Å². The molecule has 2 nitrogen and oxygen atoms in total. The maximum atomic E-state index is 12.8. The van der Waals surface area contributed by atoms with Crippen molar-refractivity contribution in [3.8, 4) is 0 Å². The summed E-state index contributed by atoms with van der Waals surface area (Å²) < 4.78 is 0. The molecule has 0 aromatic heterocycles. The molecule has 3 aromatic rings. The second kappa shape index (κ2) is 4.08. The van der Waals surface area contributed by atoms with Crippen LogP contribution in [0.2, 0.25) is 0 Å². The van der Waals surface area contributed by atoms with Gasteiger partial charge in [-0.2, -0.15) is 0 Å². The number of hydrogen-bond donors (Lipinski definition) is 1. The van der Waals surface area contributed by atoms with Gasteiger partial charge in [0.25, 0.3) is 0 Å². The van der Waals surface area contributed by atoms with Crippen molar-refractivity contribution in [1.29, 1.82) is 0 Å². The van der Waals surface area contributed by atoms with Crippen molar-refractivity contribution in [3.63, 3.8) is 0 Å². The number of dihydropyridines is 1. The number of ketones is 1. The summed E-state index contributed by atoms with van der Waals surface area (Å²) in [6.45, 7) is 0.763. The van der Waals surface area contributed by atoms with Crippen LogP contribution in [-0.4, -0.2) is 12.3 Å². The van der Waals surface area contributed by atoms with Crippen LogP contribution in [0.3, 0.4) is 0 Å². The van der Waals surface area contributed by atoms with Crippen molar-refractivity contribution in [2.75, 3.05) is 6.54 Å². The van der Waals surface area contributed by atoms with Gasteiger partial charge in [0.1, 0.15) is 0 Å². The average molecular weight is 283 g/mol. The fourth-order valence-electron chi connectivity index (χ4n) is 3.64. The molecule has 5 rings (SSSR count). The van der Waals surface area contributed by atoms with E-state index in [1.807, 2.05) is 24.3 Å². The molecule has 0 radical (unpaired) electrons. The first kappa shape index (κ1) is 11.8. The summed E-state index contributed by atoms with van der Waals surface area (Å²) in [5.74, 6) is 0.117. The van der Waals surface area contributed by atoms with Crippen LogP contribution in [0.1, 0.15) is 15.9 Å². The number of allylic oxidation sites excluding steroid dienone is 2. The van der Waals surface area contributed by atoms with Crippen LogP contribution >= 0.6 is 0 Å². The normalized spacial score (nSPS) is 16.1. The van der Waals surface area contributed by atoms with Crippen LogP contribution in [0.5, 0.6) is 0 Å². The molecule has 0 unspecified atom stereocenters. The predicted molar refractivity (Wildman–Crippen MR) is 89.8 cm³/mol. The first-order chi connectivity index (χ1) is 10.8. The Hall–Kier alpha value is -2.87. The largest absolute Gasteiger partial charge is 0.380 e. The predicted octanol–water partition coefficient (Wildman–Crippen LogP) is 4.06. The summed E-state index contributed by atoms with van der Waals surface area (Å²) in [5.41, 5.74) is 3.74. The number of Topliss-reactive ketones (excluding diaryl/α,β-unsaturated/α-hetero) is 1. The van der Waals surface area contributed by atoms with E-state index in [0.29, 0.717) is 0 Å². The molecule has 0 saturated heterocycles. The maximum Gasteiger partial charge on any atom is 0.195 e. The van der Waals surface area contributed by atoms with Gasteiger partial charge in [-0.15, -0.1) is 0 Å². The van der Waals surface area contributed by atoms with E-state index in [-0.39, 0.29) is 5.78 Å². The molecule has 0 spiro atoms. The molecule has 2 aliphatic rings. The van der Waals surface area contributed by atoms with E-state index in [2.05, 4.69) is 41.7 Å². The number of nitrogens with one attached hydrogen (secondary N) is 1. The van der Waals surface area contributed by atoms with E-state index in [4.69, 9.17) is 0 Å². The highest BCUT2D eigenvalue weighted by Crippen LogP contribution is 2.40. The van der Waals surface area contributed by atoms with Crippen molar-refractivity contribution in [3.05, 3.63) is 77.4 Å². The Labute approximate surface area is 127 Å². The summed E-state index contributed by atoms with van der Waals surface area (Å²) in [7, 11) is 0. The number of fused-ring (bicyclic) bond motifs is 3. The first-order valence-corrected chi connectivity index (χ1v) is 7.49. The molecule has 1 heterocycles. The third-order valence-electron chi connectivity index (χ3n) is 4.58. The lowest BCUT2D eigenvalue weighted by Gasteiger charge is -2.26. The van der Waals surface area contributed by atoms with Gasteiger partial charge in [0, 0.05) is 28.6 Å². The Balaban J connectivity index is 2.08. The van der Waals surface area contributed by atoms with Gasteiger partial charge in [0.05, 0.1) is 5.70 Å². The van der Waals surface area contributed by atoms with Gasteiger partial charge in [-0.3, -0.25) is 4.79 Å². The molecule has 0 saturated carbocycles. The highest BCUT2D eigenvalue weighted by atomic mass is 16.1. The highest BCUT2D eigenvalue weighted by molar-refractivity contribution is 6.29. The van der Waals surface area contributed by atoms with E-state index >= 15 is 0 Å². The molecule has 0 fully saturated rings. The SMILES string of the molecule is O=C1C2=C(NCC=C2)c2c3ccccc3cc3cccc1c23. The minimum atomic E-state index is 0.117. The molecule has 1 aliphatic heterocycles. The fraction of sp³-hybridized carbons (Fsp3) is 0.0500. The van der Waals surface area contributed by atoms with Crippen molar-refractivity contribution < 1.29 is 4.79 Å². The molecule has 1 N–H and O–H groups in total. The van der Waals surface area contributed by atoms with Crippen molar-refractivity contribution in [1.82, 2.24) is 5.32 Å². The van der Waals surface area contributed by atoms with Gasteiger partial charge in [-0.1, -0.05) is 54.6 Å². The second-order valence-corrected chi connectivity index (χ2v) is 5.78. The van der Waals surface area contributed by atoms with Crippen molar-refractivity contribution >= 4 is 33.0 Å². The van der Waals surface area contributed by atoms with Crippen LogP contribution in [0.15, 0.2) is 66.3 Å². The lowest BCUT2D eigenvalue weighted by Crippen LogP contribution is -2.24. The first-order valence-electron chi connectivity index (χ1n) is 7.49. The minimum Gasteiger partial charge on any atom is -0.380 e. The van der Waals surface area contributed by atoms with E-state index in [9.17, 15) is 4.79 Å². The molecule has 22 heavy (non-hydrogen) atoms. The molecule has 1 aliphatic carbocycles. The van der Waals surface area contributed by atoms with Crippen LogP contribution in [0.4, 0.5) is 0 Å². The number of benzene rings is 3. The Bertz CT molecular complexity index is 1040. The van der Waals surface area contributed by atoms with Gasteiger partial charge in [-0.05, 0) is 22.2 Å². The third kappa shape index (κ3) is 1.37. The van der Waals surface area contributed by atoms with Crippen LogP contribution in [0, 0.1) is 0 Å². The summed E-state index contributed by atoms with van der Waals surface area (Å²) in [5, 5.41) is 8.03. The number of hydrogen-bond acceptors (Lipinski definition) is 2. The zero-order valence-electron chi connectivity index (χ0n) is 11.9. The number of carbonyl (C=O) groups excluding carboxylic acids is 1. The smallest absolute Gasteiger partial charge is 0.195 e. The van der Waals surface area contributed by atoms with E-state index < -0.39 is 0 Å². The molecule has 0 amide bonds. The molecular weight excluding hydrogens is 270 g/mol. The van der Waals surface area contributed by atoms with Gasteiger partial charge in [-0.25, -0.2) is 0 Å². The zero-order valence-corrected chi connectivity index (χ0v) is 11.9. The highest BCUT2D eigenvalue weighted by Gasteiger charge is 2.28. The molecule has 104 valence electrons. The van der Waals surface area contributed by atoms with E-state index in [1.165, 1.54) is 16.3 Å². The molecular formula is C20H13NO. The van der Waals surface area contributed by atoms with Gasteiger partial charge >= 0.3 is 0 Å². The molecule has 0 bridgehead atoms. The van der Waals surface area contributed by atoms with Crippen molar-refractivity contribution in [2.45, 2.75) is 0 Å². The fourth-order valence-corrected chi connectivity index (χ4v) is 3.64. The van der Waals surface area contributed by atoms with E-state index in [1.54, 1.807) is 0 Å². The summed E-state index contributed by atoms with van der Waals surface area (Å²) in [6, 6.07) is 16.6. The van der Waals surface area contributed by atoms with Gasteiger partial charge in [0.15, 0.2) is 5.78 Å². The van der Waals surface area contributed by atoms with E-state index in [0.717, 1.165) is 34.2 Å². The molecule has 3 aromatic carbocycles. The minimum absolute atomic E-state index is 0.117. The van der Waals surface area contributed by atoms with Gasteiger partial charge in [0.2, 0.25) is 0 Å². The lowest BCUT2D eigenvalue weighted by molar-refractivity contribution is 0.103. The number of rotatable bonds is 0. The maximum absolute atomic E-state index is 12.8. The quantitative estimate of drug-likeness (QED) is 0.630.